The normalized spacial score (nSPS) is 23.6. The van der Waals surface area contributed by atoms with Gasteiger partial charge in [0.05, 0.1) is 24.2 Å². The Morgan fingerprint density at radius 2 is 1.38 bits per heavy atom. The number of unbranched alkanes of at least 4 members (excludes halogenated alkanes) is 9. The predicted octanol–water partition coefficient (Wildman–Crippen LogP) is 0.426. The largest absolute Gasteiger partial charge is 0.497 e. The minimum atomic E-state index is -1.56. The third-order valence-electron chi connectivity index (χ3n) is 13.2. The molecule has 7 amide bonds. The monoisotopic (exact) mass is 892 g/mol. The van der Waals surface area contributed by atoms with Crippen molar-refractivity contribution < 1.29 is 48.0 Å². The number of primary amides is 1. The van der Waals surface area contributed by atoms with E-state index in [0.717, 1.165) is 38.5 Å². The zero-order chi connectivity index (χ0) is 46.9. The van der Waals surface area contributed by atoms with Gasteiger partial charge in [-0.15, -0.1) is 0 Å². The van der Waals surface area contributed by atoms with Crippen LogP contribution in [0.3, 0.4) is 0 Å². The number of hydrogen-bond acceptors (Lipinski definition) is 12. The maximum Gasteiger partial charge on any atom is 0.497 e. The summed E-state index contributed by atoms with van der Waals surface area (Å²) in [6, 6.07) is -6.62. The van der Waals surface area contributed by atoms with E-state index in [2.05, 4.69) is 52.7 Å². The van der Waals surface area contributed by atoms with Crippen LogP contribution in [-0.2, 0) is 42.9 Å². The average molecular weight is 892 g/mol. The number of aliphatic hydroxyl groups is 1. The summed E-state index contributed by atoms with van der Waals surface area (Å²) in [7, 11) is -0.977. The van der Waals surface area contributed by atoms with Gasteiger partial charge in [0.25, 0.3) is 0 Å². The number of amides is 7. The van der Waals surface area contributed by atoms with E-state index in [0.29, 0.717) is 31.7 Å². The smallest absolute Gasteiger partial charge is 0.403 e. The number of rotatable bonds is 30. The topological polar surface area (TPSA) is 308 Å². The van der Waals surface area contributed by atoms with Crippen molar-refractivity contribution in [1.29, 1.82) is 0 Å². The molecular weight excluding hydrogens is 813 g/mol. The lowest BCUT2D eigenvalue weighted by Crippen LogP contribution is -2.65. The fourth-order valence-electron chi connectivity index (χ4n) is 9.15. The summed E-state index contributed by atoms with van der Waals surface area (Å²) in [4.78, 5) is 90.8. The number of carbonyl (C=O) groups excluding carboxylic acids is 7. The Hall–Kier alpha value is -3.85. The summed E-state index contributed by atoms with van der Waals surface area (Å²) in [5.74, 6) is -4.21. The number of nitrogens with two attached hydrogens (primary N) is 3. The van der Waals surface area contributed by atoms with Gasteiger partial charge in [0.15, 0.2) is 0 Å². The molecule has 10 atom stereocenters. The standard InChI is InChI=1S/C43H78BN9O10/c1-7-8-9-10-11-12-13-14-15-19-34(56)48-22-20-35(57)50-29(18-16-17-21-45)38(59)52-36(27(3)54)40(61)49-26(2)37(58)51-30(25-33(46)55)39(60)53-41(47)44-62-32-24-28-23-31(42(28,4)5)43(32,6)63-44/h26-32,36,41,54H,7-25,45,47H2,1-6H3,(H2,46,55)(H,48,56)(H,49,61)(H,50,57)(H,51,58)(H,52,59)(H,53,60)/t26-,27?,28-,29-,30-,31-,32?,36-,41+,43-/m0/s1. The first-order chi connectivity index (χ1) is 29.7. The molecular formula is C43H78BN9O10. The summed E-state index contributed by atoms with van der Waals surface area (Å²) in [6.07, 6.45) is 11.3. The minimum Gasteiger partial charge on any atom is -0.403 e. The van der Waals surface area contributed by atoms with Gasteiger partial charge < -0.3 is 63.5 Å². The highest BCUT2D eigenvalue weighted by molar-refractivity contribution is 6.47. The van der Waals surface area contributed by atoms with Crippen molar-refractivity contribution in [3.05, 3.63) is 0 Å². The molecule has 19 nitrogen and oxygen atoms in total. The fourth-order valence-corrected chi connectivity index (χ4v) is 9.15. The first kappa shape index (κ1) is 53.5. The van der Waals surface area contributed by atoms with Crippen LogP contribution < -0.4 is 49.1 Å². The van der Waals surface area contributed by atoms with Crippen LogP contribution in [0.15, 0.2) is 0 Å². The van der Waals surface area contributed by atoms with Crippen LogP contribution in [0.5, 0.6) is 0 Å². The maximum absolute atomic E-state index is 13.5. The Balaban J connectivity index is 1.49. The van der Waals surface area contributed by atoms with Crippen molar-refractivity contribution in [3.8, 4) is 0 Å². The Bertz CT molecular complexity index is 1560. The molecule has 3 aliphatic carbocycles. The zero-order valence-corrected chi connectivity index (χ0v) is 38.6. The van der Waals surface area contributed by atoms with Crippen molar-refractivity contribution in [2.45, 2.75) is 199 Å². The molecule has 1 heterocycles. The van der Waals surface area contributed by atoms with Crippen LogP contribution in [0.25, 0.3) is 0 Å². The van der Waals surface area contributed by atoms with Crippen LogP contribution in [-0.4, -0.2) is 115 Å². The van der Waals surface area contributed by atoms with E-state index in [1.165, 1.54) is 46.0 Å². The summed E-state index contributed by atoms with van der Waals surface area (Å²) in [5.41, 5.74) is 16.9. The molecule has 0 radical (unpaired) electrons. The Kier molecular flexibility index (Phi) is 21.7. The number of carbonyl (C=O) groups is 7. The first-order valence-corrected chi connectivity index (χ1v) is 23.3. The van der Waals surface area contributed by atoms with Crippen LogP contribution in [0.1, 0.15) is 151 Å². The molecule has 3 saturated carbocycles. The molecule has 2 unspecified atom stereocenters. The molecule has 0 aromatic heterocycles. The van der Waals surface area contributed by atoms with Crippen molar-refractivity contribution in [1.82, 2.24) is 31.9 Å². The Labute approximate surface area is 373 Å². The molecule has 1 aliphatic heterocycles. The van der Waals surface area contributed by atoms with Gasteiger partial charge in [0.2, 0.25) is 41.4 Å². The second-order valence-corrected chi connectivity index (χ2v) is 18.6. The first-order valence-electron chi connectivity index (χ1n) is 23.3. The van der Waals surface area contributed by atoms with Crippen LogP contribution >= 0.6 is 0 Å². The fraction of sp³-hybridized carbons (Fsp3) is 0.837. The molecule has 63 heavy (non-hydrogen) atoms. The maximum atomic E-state index is 13.5. The van der Waals surface area contributed by atoms with Gasteiger partial charge in [-0.2, -0.15) is 0 Å². The molecule has 13 N–H and O–H groups in total. The molecule has 4 aliphatic rings. The highest BCUT2D eigenvalue weighted by Crippen LogP contribution is 2.65. The number of nitrogens with one attached hydrogen (secondary N) is 6. The van der Waals surface area contributed by atoms with E-state index in [1.807, 2.05) is 6.92 Å². The summed E-state index contributed by atoms with van der Waals surface area (Å²) < 4.78 is 12.5. The lowest BCUT2D eigenvalue weighted by Gasteiger charge is -2.64. The highest BCUT2D eigenvalue weighted by atomic mass is 16.7. The lowest BCUT2D eigenvalue weighted by atomic mass is 9.43. The quantitative estimate of drug-likeness (QED) is 0.0267. The molecule has 0 aromatic rings. The summed E-state index contributed by atoms with van der Waals surface area (Å²) in [6.45, 7) is 11.6. The van der Waals surface area contributed by atoms with Crippen molar-refractivity contribution in [2.75, 3.05) is 13.1 Å². The summed E-state index contributed by atoms with van der Waals surface area (Å²) in [5, 5.41) is 25.8. The lowest BCUT2D eigenvalue weighted by molar-refractivity contribution is -0.199. The second-order valence-electron chi connectivity index (χ2n) is 18.6. The summed E-state index contributed by atoms with van der Waals surface area (Å²) >= 11 is 0. The third kappa shape index (κ3) is 16.0. The predicted molar refractivity (Wildman–Crippen MR) is 237 cm³/mol. The van der Waals surface area contributed by atoms with E-state index >= 15 is 0 Å². The average Bonchev–Trinajstić information content (AvgIpc) is 3.58. The Morgan fingerprint density at radius 3 is 1.98 bits per heavy atom. The molecule has 1 saturated heterocycles. The van der Waals surface area contributed by atoms with Crippen molar-refractivity contribution >= 4 is 48.5 Å². The van der Waals surface area contributed by atoms with Gasteiger partial charge in [-0.05, 0) is 83.1 Å². The van der Waals surface area contributed by atoms with Gasteiger partial charge in [0.1, 0.15) is 30.2 Å². The molecule has 2 bridgehead atoms. The molecule has 20 heteroatoms. The van der Waals surface area contributed by atoms with Gasteiger partial charge >= 0.3 is 7.12 Å². The van der Waals surface area contributed by atoms with Crippen LogP contribution in [0.2, 0.25) is 0 Å². The second kappa shape index (κ2) is 25.6. The third-order valence-corrected chi connectivity index (χ3v) is 13.2. The minimum absolute atomic E-state index is 0.0786. The van der Waals surface area contributed by atoms with Crippen molar-refractivity contribution in [2.24, 2.45) is 34.5 Å². The molecule has 4 rings (SSSR count). The Morgan fingerprint density at radius 1 is 0.746 bits per heavy atom. The van der Waals surface area contributed by atoms with E-state index in [-0.39, 0.29) is 42.7 Å². The van der Waals surface area contributed by atoms with Crippen LogP contribution in [0.4, 0.5) is 0 Å². The molecule has 4 fully saturated rings. The molecule has 0 aromatic carbocycles. The van der Waals surface area contributed by atoms with Gasteiger partial charge in [-0.1, -0.05) is 72.1 Å². The van der Waals surface area contributed by atoms with Crippen LogP contribution in [0, 0.1) is 17.3 Å². The van der Waals surface area contributed by atoms with E-state index in [9.17, 15) is 38.7 Å². The number of aliphatic hydroxyl groups excluding tert-OH is 1. The van der Waals surface area contributed by atoms with Gasteiger partial charge in [-0.3, -0.25) is 33.6 Å². The van der Waals surface area contributed by atoms with E-state index < -0.39 is 90.9 Å². The van der Waals surface area contributed by atoms with E-state index in [1.54, 1.807) is 0 Å². The number of hydrogen-bond donors (Lipinski definition) is 10. The zero-order valence-electron chi connectivity index (χ0n) is 38.6. The SMILES string of the molecule is CCCCCCCCCCCC(=O)NCCC(=O)N[C@@H](CCCCN)C(=O)N[C@H](C(=O)N[C@@H](C)C(=O)N[C@@H](CC(N)=O)C(=O)N[C@@H](N)B1OC2C[C@@H]3C[C@@H](C3(C)C)[C@]2(C)O1)C(C)O. The van der Waals surface area contributed by atoms with Gasteiger partial charge in [-0.25, -0.2) is 0 Å². The van der Waals surface area contributed by atoms with Gasteiger partial charge in [0, 0.05) is 19.4 Å². The molecule has 0 spiro atoms. The molecule has 358 valence electrons. The van der Waals surface area contributed by atoms with E-state index in [4.69, 9.17) is 26.5 Å². The highest BCUT2D eigenvalue weighted by Gasteiger charge is 2.68. The van der Waals surface area contributed by atoms with Crippen molar-refractivity contribution in [3.63, 3.8) is 0 Å².